The summed E-state index contributed by atoms with van der Waals surface area (Å²) in [6.45, 7) is 1.12. The van der Waals surface area contributed by atoms with Crippen LogP contribution < -0.4 is 5.32 Å². The monoisotopic (exact) mass is 240 g/mol. The van der Waals surface area contributed by atoms with Gasteiger partial charge >= 0.3 is 0 Å². The first-order valence-electron chi connectivity index (χ1n) is 4.72. The lowest BCUT2D eigenvalue weighted by molar-refractivity contribution is 0.405. The molecule has 1 fully saturated rings. The molecule has 1 aliphatic heterocycles. The summed E-state index contributed by atoms with van der Waals surface area (Å²) in [5.41, 5.74) is 1.16. The maximum absolute atomic E-state index is 4.45. The van der Waals surface area contributed by atoms with Crippen LogP contribution in [0.4, 0.5) is 0 Å². The Labute approximate surface area is 86.9 Å². The molecule has 0 aliphatic carbocycles. The highest BCUT2D eigenvalue weighted by molar-refractivity contribution is 9.10. The summed E-state index contributed by atoms with van der Waals surface area (Å²) in [6, 6.07) is 6.56. The lowest BCUT2D eigenvalue weighted by atomic mass is 10.0. The van der Waals surface area contributed by atoms with Crippen LogP contribution >= 0.6 is 15.9 Å². The highest BCUT2D eigenvalue weighted by Gasteiger charge is 2.15. The van der Waals surface area contributed by atoms with E-state index in [0.717, 1.165) is 16.8 Å². The summed E-state index contributed by atoms with van der Waals surface area (Å²) >= 11 is 3.39. The van der Waals surface area contributed by atoms with Gasteiger partial charge in [-0.1, -0.05) is 12.5 Å². The highest BCUT2D eigenvalue weighted by atomic mass is 79.9. The van der Waals surface area contributed by atoms with E-state index in [9.17, 15) is 0 Å². The lowest BCUT2D eigenvalue weighted by Crippen LogP contribution is -2.27. The molecule has 1 saturated heterocycles. The third-order valence-corrected chi connectivity index (χ3v) is 2.85. The molecule has 0 bridgehead atoms. The fourth-order valence-electron chi connectivity index (χ4n) is 1.72. The maximum atomic E-state index is 4.45. The van der Waals surface area contributed by atoms with E-state index in [0.29, 0.717) is 6.04 Å². The van der Waals surface area contributed by atoms with Crippen molar-refractivity contribution < 1.29 is 0 Å². The molecule has 3 heteroatoms. The second-order valence-electron chi connectivity index (χ2n) is 3.39. The molecule has 70 valence electrons. The zero-order chi connectivity index (χ0) is 9.10. The van der Waals surface area contributed by atoms with E-state index in [1.165, 1.54) is 19.3 Å². The SMILES string of the molecule is Brc1cccc([C@@H]2CCCCN2)n1. The molecule has 1 aromatic rings. The minimum atomic E-state index is 0.464. The van der Waals surface area contributed by atoms with E-state index in [2.05, 4.69) is 32.3 Å². The number of hydrogen-bond donors (Lipinski definition) is 1. The van der Waals surface area contributed by atoms with Crippen LogP contribution in [0.25, 0.3) is 0 Å². The van der Waals surface area contributed by atoms with E-state index in [-0.39, 0.29) is 0 Å². The van der Waals surface area contributed by atoms with Crippen molar-refractivity contribution in [2.45, 2.75) is 25.3 Å². The number of piperidine rings is 1. The van der Waals surface area contributed by atoms with E-state index < -0.39 is 0 Å². The Morgan fingerprint density at radius 1 is 1.38 bits per heavy atom. The molecule has 0 saturated carbocycles. The quantitative estimate of drug-likeness (QED) is 0.764. The minimum absolute atomic E-state index is 0.464. The van der Waals surface area contributed by atoms with Gasteiger partial charge in [-0.25, -0.2) is 4.98 Å². The molecule has 13 heavy (non-hydrogen) atoms. The number of hydrogen-bond acceptors (Lipinski definition) is 2. The van der Waals surface area contributed by atoms with Crippen LogP contribution in [0.1, 0.15) is 31.0 Å². The minimum Gasteiger partial charge on any atom is -0.309 e. The van der Waals surface area contributed by atoms with E-state index in [4.69, 9.17) is 0 Å². The summed E-state index contributed by atoms with van der Waals surface area (Å²) in [4.78, 5) is 4.45. The summed E-state index contributed by atoms with van der Waals surface area (Å²) in [6.07, 6.45) is 3.82. The van der Waals surface area contributed by atoms with Gasteiger partial charge in [0.1, 0.15) is 4.60 Å². The predicted molar refractivity (Wildman–Crippen MR) is 56.5 cm³/mol. The molecule has 0 amide bonds. The van der Waals surface area contributed by atoms with Crippen LogP contribution in [-0.2, 0) is 0 Å². The van der Waals surface area contributed by atoms with Crippen molar-refractivity contribution in [3.8, 4) is 0 Å². The molecule has 0 spiro atoms. The second-order valence-corrected chi connectivity index (χ2v) is 4.20. The van der Waals surface area contributed by atoms with E-state index >= 15 is 0 Å². The van der Waals surface area contributed by atoms with E-state index in [1.807, 2.05) is 12.1 Å². The summed E-state index contributed by atoms with van der Waals surface area (Å²) in [7, 11) is 0. The Morgan fingerprint density at radius 2 is 2.31 bits per heavy atom. The number of halogens is 1. The highest BCUT2D eigenvalue weighted by Crippen LogP contribution is 2.22. The van der Waals surface area contributed by atoms with Gasteiger partial charge in [0.15, 0.2) is 0 Å². The summed E-state index contributed by atoms with van der Waals surface area (Å²) < 4.78 is 0.928. The van der Waals surface area contributed by atoms with Crippen molar-refractivity contribution >= 4 is 15.9 Å². The fourth-order valence-corrected chi connectivity index (χ4v) is 2.08. The second kappa shape index (κ2) is 4.20. The normalized spacial score (nSPS) is 23.0. The van der Waals surface area contributed by atoms with Crippen LogP contribution in [0.15, 0.2) is 22.8 Å². The first-order chi connectivity index (χ1) is 6.36. The van der Waals surface area contributed by atoms with Crippen LogP contribution in [0.5, 0.6) is 0 Å². The number of nitrogens with one attached hydrogen (secondary N) is 1. The average molecular weight is 241 g/mol. The van der Waals surface area contributed by atoms with Gasteiger partial charge in [0.2, 0.25) is 0 Å². The van der Waals surface area contributed by atoms with Gasteiger partial charge in [-0.3, -0.25) is 0 Å². The molecule has 0 aromatic carbocycles. The maximum Gasteiger partial charge on any atom is 0.106 e. The van der Waals surface area contributed by atoms with Gasteiger partial charge in [-0.2, -0.15) is 0 Å². The number of pyridine rings is 1. The van der Waals surface area contributed by atoms with Gasteiger partial charge in [0, 0.05) is 6.04 Å². The number of nitrogens with zero attached hydrogens (tertiary/aromatic N) is 1. The Balaban J connectivity index is 2.14. The standard InChI is InChI=1S/C10H13BrN2/c11-10-6-3-5-9(13-10)8-4-1-2-7-12-8/h3,5-6,8,12H,1-2,4,7H2/t8-/m0/s1. The Kier molecular flexibility index (Phi) is 2.96. The third kappa shape index (κ3) is 2.29. The molecule has 1 N–H and O–H groups in total. The molecule has 0 radical (unpaired) electrons. The predicted octanol–water partition coefficient (Wildman–Crippen LogP) is 2.66. The Hall–Kier alpha value is -0.410. The van der Waals surface area contributed by atoms with Crippen LogP contribution in [0.3, 0.4) is 0 Å². The molecule has 2 heterocycles. The van der Waals surface area contributed by atoms with Crippen molar-refractivity contribution in [2.75, 3.05) is 6.54 Å². The number of aromatic nitrogens is 1. The van der Waals surface area contributed by atoms with Crippen molar-refractivity contribution in [2.24, 2.45) is 0 Å². The van der Waals surface area contributed by atoms with Crippen molar-refractivity contribution in [1.82, 2.24) is 10.3 Å². The first kappa shape index (κ1) is 9.16. The van der Waals surface area contributed by atoms with Crippen LogP contribution in [0.2, 0.25) is 0 Å². The Bertz CT molecular complexity index is 282. The van der Waals surface area contributed by atoms with Gasteiger partial charge in [-0.15, -0.1) is 0 Å². The first-order valence-corrected chi connectivity index (χ1v) is 5.51. The molecule has 1 aromatic heterocycles. The fraction of sp³-hybridized carbons (Fsp3) is 0.500. The molecule has 2 nitrogen and oxygen atoms in total. The van der Waals surface area contributed by atoms with E-state index in [1.54, 1.807) is 0 Å². The summed E-state index contributed by atoms with van der Waals surface area (Å²) in [5, 5.41) is 3.48. The molecular formula is C10H13BrN2. The molecule has 1 aliphatic rings. The van der Waals surface area contributed by atoms with Crippen molar-refractivity contribution in [1.29, 1.82) is 0 Å². The van der Waals surface area contributed by atoms with Crippen molar-refractivity contribution in [3.63, 3.8) is 0 Å². The molecular weight excluding hydrogens is 228 g/mol. The van der Waals surface area contributed by atoms with Crippen molar-refractivity contribution in [3.05, 3.63) is 28.5 Å². The summed E-state index contributed by atoms with van der Waals surface area (Å²) in [5.74, 6) is 0. The van der Waals surface area contributed by atoms with Gasteiger partial charge in [0.05, 0.1) is 5.69 Å². The smallest absolute Gasteiger partial charge is 0.106 e. The third-order valence-electron chi connectivity index (χ3n) is 2.40. The molecule has 0 unspecified atom stereocenters. The zero-order valence-electron chi connectivity index (χ0n) is 7.46. The largest absolute Gasteiger partial charge is 0.309 e. The number of rotatable bonds is 1. The Morgan fingerprint density at radius 3 is 3.00 bits per heavy atom. The van der Waals surface area contributed by atoms with Crippen LogP contribution in [-0.4, -0.2) is 11.5 Å². The van der Waals surface area contributed by atoms with Gasteiger partial charge in [0.25, 0.3) is 0 Å². The zero-order valence-corrected chi connectivity index (χ0v) is 9.05. The topological polar surface area (TPSA) is 24.9 Å². The average Bonchev–Trinajstić information content (AvgIpc) is 2.19. The van der Waals surface area contributed by atoms with Crippen LogP contribution in [0, 0.1) is 0 Å². The molecule has 1 atom stereocenters. The van der Waals surface area contributed by atoms with Gasteiger partial charge in [-0.05, 0) is 47.4 Å². The van der Waals surface area contributed by atoms with Gasteiger partial charge < -0.3 is 5.32 Å². The lowest BCUT2D eigenvalue weighted by Gasteiger charge is -2.22. The molecule has 2 rings (SSSR count).